The van der Waals surface area contributed by atoms with Crippen molar-refractivity contribution in [2.24, 2.45) is 0 Å². The molecule has 22 heavy (non-hydrogen) atoms. The molecule has 2 rings (SSSR count). The summed E-state index contributed by atoms with van der Waals surface area (Å²) in [6.45, 7) is 9.14. The fourth-order valence-electron chi connectivity index (χ4n) is 2.64. The Bertz CT molecular complexity index is 540. The summed E-state index contributed by atoms with van der Waals surface area (Å²) in [5, 5.41) is 4.16. The highest BCUT2D eigenvalue weighted by Crippen LogP contribution is 2.25. The van der Waals surface area contributed by atoms with Crippen molar-refractivity contribution < 1.29 is 9.53 Å². The van der Waals surface area contributed by atoms with Crippen molar-refractivity contribution in [2.45, 2.75) is 52.2 Å². The van der Waals surface area contributed by atoms with E-state index in [2.05, 4.69) is 5.32 Å². The van der Waals surface area contributed by atoms with Gasteiger partial charge in [-0.3, -0.25) is 0 Å². The Labute approximate surface area is 137 Å². The molecule has 1 aliphatic rings. The monoisotopic (exact) mass is 324 g/mol. The van der Waals surface area contributed by atoms with E-state index in [0.717, 1.165) is 35.7 Å². The average Bonchev–Trinajstić information content (AvgIpc) is 2.87. The zero-order valence-corrected chi connectivity index (χ0v) is 14.5. The smallest absolute Gasteiger partial charge is 0.410 e. The minimum Gasteiger partial charge on any atom is -0.444 e. The van der Waals surface area contributed by atoms with Crippen LogP contribution in [0.15, 0.2) is 18.2 Å². The lowest BCUT2D eigenvalue weighted by Gasteiger charge is -2.29. The van der Waals surface area contributed by atoms with Crippen molar-refractivity contribution in [3.8, 4) is 0 Å². The third-order valence-electron chi connectivity index (χ3n) is 3.80. The predicted molar refractivity (Wildman–Crippen MR) is 90.6 cm³/mol. The van der Waals surface area contributed by atoms with Crippen LogP contribution in [0.4, 0.5) is 10.5 Å². The van der Waals surface area contributed by atoms with Crippen LogP contribution in [0.5, 0.6) is 0 Å². The average molecular weight is 325 g/mol. The summed E-state index contributed by atoms with van der Waals surface area (Å²) in [4.78, 5) is 14.1. The van der Waals surface area contributed by atoms with Gasteiger partial charge in [0.25, 0.3) is 0 Å². The predicted octanol–water partition coefficient (Wildman–Crippen LogP) is 4.46. The third-order valence-corrected chi connectivity index (χ3v) is 4.21. The van der Waals surface area contributed by atoms with Gasteiger partial charge < -0.3 is 15.0 Å². The molecule has 0 aliphatic carbocycles. The van der Waals surface area contributed by atoms with Gasteiger partial charge in [-0.2, -0.15) is 0 Å². The van der Waals surface area contributed by atoms with Crippen LogP contribution < -0.4 is 5.32 Å². The van der Waals surface area contributed by atoms with Gasteiger partial charge in [0.1, 0.15) is 5.60 Å². The maximum Gasteiger partial charge on any atom is 0.410 e. The van der Waals surface area contributed by atoms with Gasteiger partial charge in [0.15, 0.2) is 0 Å². The molecule has 1 heterocycles. The molecule has 0 aromatic heterocycles. The molecule has 1 atom stereocenters. The highest BCUT2D eigenvalue weighted by atomic mass is 35.5. The fourth-order valence-corrected chi connectivity index (χ4v) is 2.81. The van der Waals surface area contributed by atoms with Crippen LogP contribution in [0.2, 0.25) is 5.02 Å². The molecular weight excluding hydrogens is 300 g/mol. The molecule has 1 N–H and O–H groups in total. The second kappa shape index (κ2) is 6.78. The number of hydrogen-bond acceptors (Lipinski definition) is 3. The van der Waals surface area contributed by atoms with Crippen LogP contribution in [0.1, 0.15) is 39.2 Å². The van der Waals surface area contributed by atoms with E-state index in [0.29, 0.717) is 6.54 Å². The van der Waals surface area contributed by atoms with Crippen LogP contribution in [0.25, 0.3) is 0 Å². The first-order valence-electron chi connectivity index (χ1n) is 7.76. The first-order chi connectivity index (χ1) is 10.3. The van der Waals surface area contributed by atoms with E-state index in [1.807, 2.05) is 50.8 Å². The topological polar surface area (TPSA) is 41.6 Å². The van der Waals surface area contributed by atoms with Crippen molar-refractivity contribution >= 4 is 23.4 Å². The van der Waals surface area contributed by atoms with Gasteiger partial charge in [-0.05, 0) is 58.2 Å². The second-order valence-electron chi connectivity index (χ2n) is 6.76. The summed E-state index contributed by atoms with van der Waals surface area (Å²) in [6, 6.07) is 5.98. The lowest BCUT2D eigenvalue weighted by atomic mass is 10.1. The number of likely N-dealkylation sites (tertiary alicyclic amines) is 1. The van der Waals surface area contributed by atoms with Crippen molar-refractivity contribution in [3.05, 3.63) is 28.8 Å². The Hall–Kier alpha value is -1.42. The van der Waals surface area contributed by atoms with Gasteiger partial charge in [-0.15, -0.1) is 0 Å². The van der Waals surface area contributed by atoms with E-state index in [9.17, 15) is 4.79 Å². The zero-order chi connectivity index (χ0) is 16.3. The number of halogens is 1. The molecule has 0 saturated carbocycles. The summed E-state index contributed by atoms with van der Waals surface area (Å²) in [6.07, 6.45) is 1.78. The number of ether oxygens (including phenoxy) is 1. The number of carbonyl (C=O) groups is 1. The first-order valence-corrected chi connectivity index (χ1v) is 8.14. The molecule has 122 valence electrons. The largest absolute Gasteiger partial charge is 0.444 e. The summed E-state index contributed by atoms with van der Waals surface area (Å²) in [5.74, 6) is 0. The lowest BCUT2D eigenvalue weighted by Crippen LogP contribution is -2.42. The second-order valence-corrected chi connectivity index (χ2v) is 7.17. The number of carbonyl (C=O) groups excluding carboxylic acids is 1. The molecule has 1 amide bonds. The Morgan fingerprint density at radius 2 is 2.18 bits per heavy atom. The Kier molecular flexibility index (Phi) is 5.22. The molecule has 1 unspecified atom stereocenters. The van der Waals surface area contributed by atoms with Gasteiger partial charge in [-0.25, -0.2) is 4.79 Å². The molecule has 1 aromatic carbocycles. The SMILES string of the molecule is Cc1c(Cl)cccc1NCC1CCCN1C(=O)OC(C)(C)C. The number of nitrogens with zero attached hydrogens (tertiary/aromatic N) is 1. The van der Waals surface area contributed by atoms with E-state index in [1.165, 1.54) is 0 Å². The zero-order valence-electron chi connectivity index (χ0n) is 13.8. The number of rotatable bonds is 3. The number of amides is 1. The number of hydrogen-bond donors (Lipinski definition) is 1. The highest BCUT2D eigenvalue weighted by Gasteiger charge is 2.31. The molecule has 0 spiro atoms. The molecule has 0 bridgehead atoms. The fraction of sp³-hybridized carbons (Fsp3) is 0.588. The molecule has 1 saturated heterocycles. The van der Waals surface area contributed by atoms with Crippen molar-refractivity contribution in [1.29, 1.82) is 0 Å². The van der Waals surface area contributed by atoms with Crippen molar-refractivity contribution in [1.82, 2.24) is 4.90 Å². The van der Waals surface area contributed by atoms with Crippen LogP contribution in [-0.2, 0) is 4.74 Å². The molecule has 4 nitrogen and oxygen atoms in total. The van der Waals surface area contributed by atoms with Crippen molar-refractivity contribution in [2.75, 3.05) is 18.4 Å². The maximum absolute atomic E-state index is 12.3. The van der Waals surface area contributed by atoms with Gasteiger partial charge in [0.2, 0.25) is 0 Å². The Balaban J connectivity index is 1.97. The normalized spacial score (nSPS) is 18.4. The van der Waals surface area contributed by atoms with E-state index in [-0.39, 0.29) is 12.1 Å². The summed E-state index contributed by atoms with van der Waals surface area (Å²) >= 11 is 6.14. The van der Waals surface area contributed by atoms with Crippen LogP contribution in [-0.4, -0.2) is 35.7 Å². The quantitative estimate of drug-likeness (QED) is 0.892. The molecule has 1 aromatic rings. The standard InChI is InChI=1S/C17H25ClN2O2/c1-12-14(18)8-5-9-15(12)19-11-13-7-6-10-20(13)16(21)22-17(2,3)4/h5,8-9,13,19H,6-7,10-11H2,1-4H3. The van der Waals surface area contributed by atoms with E-state index in [4.69, 9.17) is 16.3 Å². The Morgan fingerprint density at radius 3 is 2.86 bits per heavy atom. The molecule has 1 aliphatic heterocycles. The van der Waals surface area contributed by atoms with Crippen LogP contribution in [0.3, 0.4) is 0 Å². The first kappa shape index (κ1) is 16.9. The van der Waals surface area contributed by atoms with E-state index in [1.54, 1.807) is 0 Å². The lowest BCUT2D eigenvalue weighted by molar-refractivity contribution is 0.0235. The van der Waals surface area contributed by atoms with Gasteiger partial charge in [0.05, 0.1) is 6.04 Å². The maximum atomic E-state index is 12.3. The van der Waals surface area contributed by atoms with E-state index < -0.39 is 5.60 Å². The molecule has 5 heteroatoms. The van der Waals surface area contributed by atoms with E-state index >= 15 is 0 Å². The Morgan fingerprint density at radius 1 is 1.45 bits per heavy atom. The summed E-state index contributed by atoms with van der Waals surface area (Å²) in [7, 11) is 0. The van der Waals surface area contributed by atoms with Crippen molar-refractivity contribution in [3.63, 3.8) is 0 Å². The summed E-state index contributed by atoms with van der Waals surface area (Å²) < 4.78 is 5.48. The number of benzene rings is 1. The third kappa shape index (κ3) is 4.29. The number of nitrogens with one attached hydrogen (secondary N) is 1. The van der Waals surface area contributed by atoms with Gasteiger partial charge in [-0.1, -0.05) is 17.7 Å². The van der Waals surface area contributed by atoms with Crippen LogP contribution in [0, 0.1) is 6.92 Å². The van der Waals surface area contributed by atoms with Gasteiger partial charge >= 0.3 is 6.09 Å². The van der Waals surface area contributed by atoms with Gasteiger partial charge in [0, 0.05) is 23.8 Å². The molecule has 0 radical (unpaired) electrons. The minimum absolute atomic E-state index is 0.160. The highest BCUT2D eigenvalue weighted by molar-refractivity contribution is 6.31. The summed E-state index contributed by atoms with van der Waals surface area (Å²) in [5.41, 5.74) is 1.59. The minimum atomic E-state index is -0.457. The molecular formula is C17H25ClN2O2. The molecule has 1 fully saturated rings. The van der Waals surface area contributed by atoms with Crippen LogP contribution >= 0.6 is 11.6 Å². The number of anilines is 1.